The Bertz CT molecular complexity index is 890. The van der Waals surface area contributed by atoms with Crippen molar-refractivity contribution in [3.63, 3.8) is 0 Å². The number of hydrogen-bond acceptors (Lipinski definition) is 5. The maximum Gasteiger partial charge on any atom is 0.260 e. The van der Waals surface area contributed by atoms with Crippen molar-refractivity contribution in [3.05, 3.63) is 38.6 Å². The molecule has 120 valence electrons. The highest BCUT2D eigenvalue weighted by molar-refractivity contribution is 7.19. The summed E-state index contributed by atoms with van der Waals surface area (Å²) >= 11 is 3.26. The van der Waals surface area contributed by atoms with Crippen molar-refractivity contribution in [2.45, 2.75) is 13.5 Å². The number of thiophene rings is 2. The molecule has 7 heteroatoms. The normalized spacial score (nSPS) is 16.2. The fraction of sp³-hybridized carbons (Fsp3) is 0.375. The molecule has 23 heavy (non-hydrogen) atoms. The maximum absolute atomic E-state index is 12.6. The van der Waals surface area contributed by atoms with Crippen LogP contribution in [0.3, 0.4) is 0 Å². The first kappa shape index (κ1) is 15.0. The van der Waals surface area contributed by atoms with Crippen molar-refractivity contribution in [1.29, 1.82) is 0 Å². The molecule has 5 nitrogen and oxygen atoms in total. The highest BCUT2D eigenvalue weighted by atomic mass is 32.1. The Balaban J connectivity index is 1.70. The summed E-state index contributed by atoms with van der Waals surface area (Å²) in [5.74, 6) is 0.773. The van der Waals surface area contributed by atoms with Crippen molar-refractivity contribution in [3.8, 4) is 10.4 Å². The molecule has 0 radical (unpaired) electrons. The molecule has 0 unspecified atom stereocenters. The second-order valence-electron chi connectivity index (χ2n) is 5.79. The predicted molar refractivity (Wildman–Crippen MR) is 93.5 cm³/mol. The van der Waals surface area contributed by atoms with Crippen LogP contribution in [0.4, 0.5) is 0 Å². The third-order valence-corrected chi connectivity index (χ3v) is 6.02. The van der Waals surface area contributed by atoms with E-state index >= 15 is 0 Å². The van der Waals surface area contributed by atoms with E-state index in [1.807, 2.05) is 5.38 Å². The van der Waals surface area contributed by atoms with Gasteiger partial charge in [0.15, 0.2) is 5.82 Å². The molecule has 0 spiro atoms. The summed E-state index contributed by atoms with van der Waals surface area (Å²) in [7, 11) is 0. The minimum absolute atomic E-state index is 0.0278. The van der Waals surface area contributed by atoms with E-state index in [-0.39, 0.29) is 5.56 Å². The number of rotatable bonds is 3. The zero-order valence-corrected chi connectivity index (χ0v) is 14.5. The quantitative estimate of drug-likeness (QED) is 0.753. The van der Waals surface area contributed by atoms with Gasteiger partial charge in [-0.1, -0.05) is 0 Å². The molecular formula is C16H18N3O2S2+. The Morgan fingerprint density at radius 3 is 2.91 bits per heavy atom. The highest BCUT2D eigenvalue weighted by Gasteiger charge is 2.18. The Kier molecular flexibility index (Phi) is 4.02. The fourth-order valence-corrected chi connectivity index (χ4v) is 4.83. The Labute approximate surface area is 141 Å². The second kappa shape index (κ2) is 6.16. The van der Waals surface area contributed by atoms with Gasteiger partial charge in [0.05, 0.1) is 18.6 Å². The van der Waals surface area contributed by atoms with E-state index in [4.69, 9.17) is 4.74 Å². The van der Waals surface area contributed by atoms with Gasteiger partial charge in [0.2, 0.25) is 0 Å². The molecule has 0 atom stereocenters. The van der Waals surface area contributed by atoms with E-state index in [1.54, 1.807) is 22.7 Å². The molecule has 2 N–H and O–H groups in total. The number of nitrogens with one attached hydrogen (secondary N) is 2. The molecule has 3 aromatic rings. The summed E-state index contributed by atoms with van der Waals surface area (Å²) in [6.45, 7) is 6.32. The average Bonchev–Trinajstić information content (AvgIpc) is 3.14. The summed E-state index contributed by atoms with van der Waals surface area (Å²) < 4.78 is 5.38. The molecule has 4 heterocycles. The molecule has 0 amide bonds. The van der Waals surface area contributed by atoms with Crippen LogP contribution in [-0.4, -0.2) is 36.3 Å². The van der Waals surface area contributed by atoms with Crippen LogP contribution in [0.5, 0.6) is 0 Å². The van der Waals surface area contributed by atoms with Gasteiger partial charge in [-0.05, 0) is 19.1 Å². The molecule has 1 fully saturated rings. The molecule has 4 rings (SSSR count). The summed E-state index contributed by atoms with van der Waals surface area (Å²) in [6.07, 6.45) is 0. The lowest BCUT2D eigenvalue weighted by Crippen LogP contribution is -3.12. The van der Waals surface area contributed by atoms with Gasteiger partial charge in [-0.2, -0.15) is 0 Å². The Morgan fingerprint density at radius 1 is 1.35 bits per heavy atom. The van der Waals surface area contributed by atoms with E-state index in [0.29, 0.717) is 0 Å². The Morgan fingerprint density at radius 2 is 2.17 bits per heavy atom. The Hall–Kier alpha value is -1.54. The SMILES string of the molecule is Cc1ccc(-c2csc3nc(C[NH+]4CCOCC4)[nH]c(=O)c23)s1. The van der Waals surface area contributed by atoms with Gasteiger partial charge in [-0.3, -0.25) is 4.79 Å². The van der Waals surface area contributed by atoms with Crippen LogP contribution in [0.2, 0.25) is 0 Å². The summed E-state index contributed by atoms with van der Waals surface area (Å²) in [4.78, 5) is 24.9. The van der Waals surface area contributed by atoms with Gasteiger partial charge in [-0.25, -0.2) is 4.98 Å². The van der Waals surface area contributed by atoms with Crippen LogP contribution < -0.4 is 10.5 Å². The lowest BCUT2D eigenvalue weighted by Gasteiger charge is -2.23. The molecule has 0 aliphatic carbocycles. The number of ether oxygens (including phenoxy) is 1. The first-order chi connectivity index (χ1) is 11.2. The molecule has 1 saturated heterocycles. The summed E-state index contributed by atoms with van der Waals surface area (Å²) in [5, 5.41) is 2.77. The number of aromatic nitrogens is 2. The molecule has 0 aromatic carbocycles. The summed E-state index contributed by atoms with van der Waals surface area (Å²) in [6, 6.07) is 4.16. The van der Waals surface area contributed by atoms with Crippen LogP contribution in [0.15, 0.2) is 22.3 Å². The zero-order valence-electron chi connectivity index (χ0n) is 12.8. The predicted octanol–water partition coefficient (Wildman–Crippen LogP) is 1.44. The topological polar surface area (TPSA) is 59.4 Å². The van der Waals surface area contributed by atoms with Gasteiger partial charge in [0.1, 0.15) is 24.5 Å². The lowest BCUT2D eigenvalue weighted by molar-refractivity contribution is -0.922. The van der Waals surface area contributed by atoms with Gasteiger partial charge < -0.3 is 14.6 Å². The van der Waals surface area contributed by atoms with Crippen LogP contribution in [0.25, 0.3) is 20.7 Å². The number of hydrogen-bond donors (Lipinski definition) is 2. The standard InChI is InChI=1S/C16H17N3O2S2/c1-10-2-3-12(23-10)11-9-22-16-14(11)15(20)17-13(18-16)8-19-4-6-21-7-5-19/h2-3,9H,4-8H2,1H3,(H,17,18,20)/p+1. The number of aryl methyl sites for hydroxylation is 1. The van der Waals surface area contributed by atoms with Gasteiger partial charge in [0.25, 0.3) is 5.56 Å². The second-order valence-corrected chi connectivity index (χ2v) is 7.94. The van der Waals surface area contributed by atoms with Crippen molar-refractivity contribution >= 4 is 32.9 Å². The van der Waals surface area contributed by atoms with E-state index in [2.05, 4.69) is 29.0 Å². The largest absolute Gasteiger partial charge is 0.370 e. The molecular weight excluding hydrogens is 330 g/mol. The first-order valence-electron chi connectivity index (χ1n) is 7.69. The maximum atomic E-state index is 12.6. The van der Waals surface area contributed by atoms with Crippen molar-refractivity contribution in [1.82, 2.24) is 9.97 Å². The minimum atomic E-state index is -0.0278. The van der Waals surface area contributed by atoms with Crippen LogP contribution in [-0.2, 0) is 11.3 Å². The minimum Gasteiger partial charge on any atom is -0.370 e. The molecule has 1 aliphatic heterocycles. The van der Waals surface area contributed by atoms with Crippen LogP contribution in [0.1, 0.15) is 10.7 Å². The van der Waals surface area contributed by atoms with Crippen molar-refractivity contribution in [2.75, 3.05) is 26.3 Å². The van der Waals surface area contributed by atoms with Gasteiger partial charge in [0, 0.05) is 20.7 Å². The van der Waals surface area contributed by atoms with Crippen LogP contribution in [0, 0.1) is 6.92 Å². The zero-order chi connectivity index (χ0) is 15.8. The molecule has 1 aliphatic rings. The van der Waals surface area contributed by atoms with E-state index in [9.17, 15) is 4.79 Å². The van der Waals surface area contributed by atoms with Crippen molar-refractivity contribution < 1.29 is 9.64 Å². The third kappa shape index (κ3) is 2.97. The fourth-order valence-electron chi connectivity index (χ4n) is 2.91. The monoisotopic (exact) mass is 348 g/mol. The smallest absolute Gasteiger partial charge is 0.260 e. The molecule has 0 bridgehead atoms. The lowest BCUT2D eigenvalue weighted by atomic mass is 10.2. The van der Waals surface area contributed by atoms with Gasteiger partial charge >= 0.3 is 0 Å². The molecule has 0 saturated carbocycles. The van der Waals surface area contributed by atoms with E-state index in [1.165, 1.54) is 9.78 Å². The number of quaternary nitrogens is 1. The average molecular weight is 348 g/mol. The number of nitrogens with zero attached hydrogens (tertiary/aromatic N) is 1. The number of H-pyrrole nitrogens is 1. The number of aromatic amines is 1. The molecule has 3 aromatic heterocycles. The van der Waals surface area contributed by atoms with Gasteiger partial charge in [-0.15, -0.1) is 22.7 Å². The number of morpholine rings is 1. The number of fused-ring (bicyclic) bond motifs is 1. The first-order valence-corrected chi connectivity index (χ1v) is 9.39. The summed E-state index contributed by atoms with van der Waals surface area (Å²) in [5.41, 5.74) is 0.974. The highest BCUT2D eigenvalue weighted by Crippen LogP contribution is 2.34. The van der Waals surface area contributed by atoms with E-state index in [0.717, 1.165) is 59.3 Å². The van der Waals surface area contributed by atoms with Crippen LogP contribution >= 0.6 is 22.7 Å². The van der Waals surface area contributed by atoms with E-state index < -0.39 is 0 Å². The third-order valence-electron chi connectivity index (χ3n) is 4.12. The van der Waals surface area contributed by atoms with Crippen molar-refractivity contribution in [2.24, 2.45) is 0 Å².